The van der Waals surface area contributed by atoms with Crippen molar-refractivity contribution in [1.82, 2.24) is 10.2 Å². The van der Waals surface area contributed by atoms with Gasteiger partial charge >= 0.3 is 12.4 Å². The van der Waals surface area contributed by atoms with Gasteiger partial charge < -0.3 is 10.2 Å². The van der Waals surface area contributed by atoms with E-state index in [9.17, 15) is 39.6 Å². The number of nitrogens with zero attached hydrogens (tertiary/aromatic N) is 1. The number of amides is 1. The number of aryl methyl sites for hydroxylation is 2. The maximum absolute atomic E-state index is 13.2. The molecule has 1 fully saturated rings. The SMILES string of the molecule is Cc1ccc(C2CNCCC2N(C)C(=O)c2cc(C(F)(F)F)cc(C(F)(F)F)c2)cc1Cl.Cc1ccc(S(=O)(=O)O)cc1. The number of hydrogen-bond acceptors (Lipinski definition) is 4. The molecule has 1 aliphatic rings. The quantitative estimate of drug-likeness (QED) is 0.232. The fraction of sp³-hybridized carbons (Fsp3) is 0.345. The molecule has 0 saturated carbocycles. The van der Waals surface area contributed by atoms with E-state index in [0.29, 0.717) is 36.7 Å². The Labute approximate surface area is 250 Å². The smallest absolute Gasteiger partial charge is 0.338 e. The van der Waals surface area contributed by atoms with Gasteiger partial charge in [0.1, 0.15) is 0 Å². The molecule has 3 aromatic rings. The highest BCUT2D eigenvalue weighted by molar-refractivity contribution is 7.85. The number of alkyl halides is 6. The summed E-state index contributed by atoms with van der Waals surface area (Å²) >= 11 is 6.23. The molecule has 234 valence electrons. The summed E-state index contributed by atoms with van der Waals surface area (Å²) in [5, 5.41) is 3.75. The number of carbonyl (C=O) groups excluding carboxylic acids is 1. The number of hydrogen-bond donors (Lipinski definition) is 2. The van der Waals surface area contributed by atoms with Gasteiger partial charge in [0.15, 0.2) is 0 Å². The Bertz CT molecular complexity index is 1530. The molecule has 2 atom stereocenters. The van der Waals surface area contributed by atoms with Crippen LogP contribution in [0.2, 0.25) is 5.02 Å². The third-order valence-electron chi connectivity index (χ3n) is 7.04. The minimum atomic E-state index is -5.02. The van der Waals surface area contributed by atoms with E-state index in [1.807, 2.05) is 26.0 Å². The molecule has 2 N–H and O–H groups in total. The molecule has 1 saturated heterocycles. The van der Waals surface area contributed by atoms with Crippen molar-refractivity contribution in [2.75, 3.05) is 20.1 Å². The van der Waals surface area contributed by atoms with Crippen molar-refractivity contribution in [3.63, 3.8) is 0 Å². The molecule has 3 aromatic carbocycles. The lowest BCUT2D eigenvalue weighted by Crippen LogP contribution is -2.49. The van der Waals surface area contributed by atoms with Crippen LogP contribution in [0.3, 0.4) is 0 Å². The molecule has 43 heavy (non-hydrogen) atoms. The Balaban J connectivity index is 0.000000386. The van der Waals surface area contributed by atoms with Crippen LogP contribution >= 0.6 is 11.6 Å². The monoisotopic (exact) mass is 650 g/mol. The van der Waals surface area contributed by atoms with Gasteiger partial charge in [0.2, 0.25) is 0 Å². The molecule has 1 heterocycles. The summed E-state index contributed by atoms with van der Waals surface area (Å²) in [6.45, 7) is 4.71. The Morgan fingerprint density at radius 1 is 0.930 bits per heavy atom. The Morgan fingerprint density at radius 2 is 1.49 bits per heavy atom. The largest absolute Gasteiger partial charge is 0.416 e. The van der Waals surface area contributed by atoms with Crippen LogP contribution in [0.5, 0.6) is 0 Å². The van der Waals surface area contributed by atoms with Crippen LogP contribution < -0.4 is 5.32 Å². The summed E-state index contributed by atoms with van der Waals surface area (Å²) in [7, 11) is -2.62. The van der Waals surface area contributed by atoms with Gasteiger partial charge in [-0.05, 0) is 74.3 Å². The van der Waals surface area contributed by atoms with E-state index >= 15 is 0 Å². The highest BCUT2D eigenvalue weighted by Gasteiger charge is 2.39. The minimum Gasteiger partial charge on any atom is -0.338 e. The van der Waals surface area contributed by atoms with Crippen molar-refractivity contribution in [2.24, 2.45) is 0 Å². The number of halogens is 7. The first-order valence-corrected chi connectivity index (χ1v) is 14.7. The fourth-order valence-electron chi connectivity index (χ4n) is 4.63. The molecule has 2 unspecified atom stereocenters. The van der Waals surface area contributed by atoms with Crippen LogP contribution in [0.4, 0.5) is 26.3 Å². The van der Waals surface area contributed by atoms with E-state index in [4.69, 9.17) is 16.2 Å². The summed E-state index contributed by atoms with van der Waals surface area (Å²) < 4.78 is 109. The lowest BCUT2D eigenvalue weighted by atomic mass is 9.85. The maximum Gasteiger partial charge on any atom is 0.416 e. The molecular formula is C29H29ClF6N2O4S. The van der Waals surface area contributed by atoms with E-state index in [1.54, 1.807) is 18.2 Å². The lowest BCUT2D eigenvalue weighted by Gasteiger charge is -2.39. The predicted molar refractivity (Wildman–Crippen MR) is 150 cm³/mol. The molecule has 14 heteroatoms. The van der Waals surface area contributed by atoms with Gasteiger partial charge in [-0.1, -0.05) is 41.4 Å². The second kappa shape index (κ2) is 13.2. The molecule has 1 amide bonds. The Hall–Kier alpha value is -3.13. The first kappa shape index (κ1) is 34.4. The minimum absolute atomic E-state index is 0.0123. The van der Waals surface area contributed by atoms with Crippen molar-refractivity contribution >= 4 is 27.6 Å². The predicted octanol–water partition coefficient (Wildman–Crippen LogP) is 7.15. The van der Waals surface area contributed by atoms with Gasteiger partial charge in [-0.25, -0.2) is 0 Å². The van der Waals surface area contributed by atoms with Crippen LogP contribution in [-0.4, -0.2) is 50.0 Å². The Kier molecular flexibility index (Phi) is 10.6. The van der Waals surface area contributed by atoms with E-state index < -0.39 is 51.1 Å². The van der Waals surface area contributed by atoms with Crippen LogP contribution in [0.1, 0.15) is 50.5 Å². The lowest BCUT2D eigenvalue weighted by molar-refractivity contribution is -0.143. The first-order valence-electron chi connectivity index (χ1n) is 12.9. The van der Waals surface area contributed by atoms with Crippen molar-refractivity contribution in [3.8, 4) is 0 Å². The number of carbonyl (C=O) groups is 1. The number of rotatable bonds is 4. The molecule has 0 aliphatic carbocycles. The third kappa shape index (κ3) is 8.94. The molecule has 1 aliphatic heterocycles. The van der Waals surface area contributed by atoms with Gasteiger partial charge in [-0.15, -0.1) is 0 Å². The zero-order valence-corrected chi connectivity index (χ0v) is 24.8. The van der Waals surface area contributed by atoms with Crippen LogP contribution in [0.25, 0.3) is 0 Å². The number of piperidine rings is 1. The molecule has 0 bridgehead atoms. The standard InChI is InChI=1S/C22H21ClF6N2O.C7H8O3S/c1-12-3-4-13(9-18(12)23)17-11-30-6-5-19(17)31(2)20(32)14-7-15(21(24,25)26)10-16(8-14)22(27,28)29;1-6-2-4-7(5-3-6)11(8,9)10/h3-4,7-10,17,19,30H,5-6,11H2,1-2H3;2-5H,1H3,(H,8,9,10). The van der Waals surface area contributed by atoms with E-state index in [-0.39, 0.29) is 16.9 Å². The normalized spacial score (nSPS) is 17.6. The van der Waals surface area contributed by atoms with Crippen LogP contribution in [0, 0.1) is 13.8 Å². The average Bonchev–Trinajstić information content (AvgIpc) is 2.92. The molecule has 0 spiro atoms. The van der Waals surface area contributed by atoms with Crippen molar-refractivity contribution < 1.29 is 44.1 Å². The van der Waals surface area contributed by atoms with Crippen molar-refractivity contribution in [2.45, 2.75) is 49.5 Å². The Morgan fingerprint density at radius 3 is 1.98 bits per heavy atom. The van der Waals surface area contributed by atoms with Gasteiger partial charge in [0.05, 0.1) is 16.0 Å². The molecule has 6 nitrogen and oxygen atoms in total. The van der Waals surface area contributed by atoms with E-state index in [1.165, 1.54) is 24.1 Å². The molecule has 0 radical (unpaired) electrons. The van der Waals surface area contributed by atoms with Gasteiger partial charge in [-0.2, -0.15) is 34.8 Å². The summed E-state index contributed by atoms with van der Waals surface area (Å²) in [6, 6.07) is 11.9. The number of likely N-dealkylation sites (N-methyl/N-ethyl adjacent to an activating group) is 1. The topological polar surface area (TPSA) is 86.7 Å². The second-order valence-electron chi connectivity index (χ2n) is 10.2. The summed E-state index contributed by atoms with van der Waals surface area (Å²) in [4.78, 5) is 14.2. The van der Waals surface area contributed by atoms with Gasteiger partial charge in [0.25, 0.3) is 16.0 Å². The highest BCUT2D eigenvalue weighted by atomic mass is 35.5. The van der Waals surface area contributed by atoms with Crippen molar-refractivity contribution in [3.05, 3.63) is 99.1 Å². The van der Waals surface area contributed by atoms with Crippen molar-refractivity contribution in [1.29, 1.82) is 0 Å². The summed E-state index contributed by atoms with van der Waals surface area (Å²) in [5.74, 6) is -1.14. The first-order chi connectivity index (χ1) is 19.8. The maximum atomic E-state index is 13.2. The molecular weight excluding hydrogens is 622 g/mol. The molecule has 0 aromatic heterocycles. The fourth-order valence-corrected chi connectivity index (χ4v) is 5.30. The highest BCUT2D eigenvalue weighted by Crippen LogP contribution is 2.37. The average molecular weight is 651 g/mol. The zero-order valence-electron chi connectivity index (χ0n) is 23.2. The van der Waals surface area contributed by atoms with Crippen LogP contribution in [0.15, 0.2) is 65.6 Å². The zero-order chi connectivity index (χ0) is 32.3. The second-order valence-corrected chi connectivity index (χ2v) is 12.0. The van der Waals surface area contributed by atoms with E-state index in [0.717, 1.165) is 16.7 Å². The van der Waals surface area contributed by atoms with E-state index in [2.05, 4.69) is 5.32 Å². The number of nitrogens with one attached hydrogen (secondary N) is 1. The molecule has 4 rings (SSSR count). The van der Waals surface area contributed by atoms with Crippen LogP contribution in [-0.2, 0) is 22.5 Å². The third-order valence-corrected chi connectivity index (χ3v) is 8.32. The summed E-state index contributed by atoms with van der Waals surface area (Å²) in [5.41, 5.74) is -1.04. The number of benzene rings is 3. The van der Waals surface area contributed by atoms with Gasteiger partial charge in [0, 0.05) is 36.1 Å². The summed E-state index contributed by atoms with van der Waals surface area (Å²) in [6.07, 6.45) is -9.57. The van der Waals surface area contributed by atoms with Gasteiger partial charge in [-0.3, -0.25) is 9.35 Å².